The number of aromatic nitrogens is 3. The van der Waals surface area contributed by atoms with Crippen molar-refractivity contribution in [3.05, 3.63) is 12.2 Å². The summed E-state index contributed by atoms with van der Waals surface area (Å²) < 4.78 is 1.90. The Bertz CT molecular complexity index is 423. The molecule has 0 spiro atoms. The summed E-state index contributed by atoms with van der Waals surface area (Å²) in [7, 11) is 1.98. The van der Waals surface area contributed by atoms with Crippen molar-refractivity contribution in [2.75, 3.05) is 13.1 Å². The second-order valence-corrected chi connectivity index (χ2v) is 6.39. The molecule has 1 aromatic rings. The van der Waals surface area contributed by atoms with Crippen molar-refractivity contribution in [3.63, 3.8) is 0 Å². The Morgan fingerprint density at radius 2 is 2.21 bits per heavy atom. The summed E-state index contributed by atoms with van der Waals surface area (Å²) in [4.78, 5) is 7.01. The van der Waals surface area contributed by atoms with Crippen molar-refractivity contribution >= 4 is 0 Å². The predicted molar refractivity (Wildman–Crippen MR) is 74.6 cm³/mol. The van der Waals surface area contributed by atoms with Gasteiger partial charge in [-0.2, -0.15) is 5.10 Å². The third-order valence-corrected chi connectivity index (χ3v) is 4.61. The van der Waals surface area contributed by atoms with Crippen LogP contribution in [0.4, 0.5) is 0 Å². The quantitative estimate of drug-likeness (QED) is 0.881. The number of hydrogen-bond acceptors (Lipinski definition) is 4. The van der Waals surface area contributed by atoms with Crippen LogP contribution in [0.1, 0.15) is 32.5 Å². The molecular weight excluding hydrogens is 238 g/mol. The molecule has 5 nitrogen and oxygen atoms in total. The first kappa shape index (κ1) is 13.1. The topological polar surface area (TPSA) is 46.0 Å². The van der Waals surface area contributed by atoms with Crippen molar-refractivity contribution in [1.29, 1.82) is 0 Å². The average Bonchev–Trinajstić information content (AvgIpc) is 3.15. The molecule has 0 bridgehead atoms. The second-order valence-electron chi connectivity index (χ2n) is 6.39. The largest absolute Gasteiger partial charge is 0.311 e. The van der Waals surface area contributed by atoms with E-state index in [2.05, 4.69) is 34.1 Å². The van der Waals surface area contributed by atoms with Crippen LogP contribution in [-0.4, -0.2) is 44.8 Å². The zero-order valence-corrected chi connectivity index (χ0v) is 12.2. The molecule has 19 heavy (non-hydrogen) atoms. The first-order chi connectivity index (χ1) is 9.15. The molecule has 1 aliphatic heterocycles. The van der Waals surface area contributed by atoms with Crippen molar-refractivity contribution in [2.45, 2.75) is 45.3 Å². The maximum Gasteiger partial charge on any atom is 0.140 e. The summed E-state index contributed by atoms with van der Waals surface area (Å²) >= 11 is 0. The Balaban J connectivity index is 1.71. The number of nitrogens with one attached hydrogen (secondary N) is 1. The Labute approximate surface area is 115 Å². The zero-order chi connectivity index (χ0) is 13.4. The molecule has 0 aromatic carbocycles. The lowest BCUT2D eigenvalue weighted by atomic mass is 9.97. The van der Waals surface area contributed by atoms with Crippen molar-refractivity contribution in [3.8, 4) is 0 Å². The molecule has 0 radical (unpaired) electrons. The van der Waals surface area contributed by atoms with Crippen LogP contribution in [0.5, 0.6) is 0 Å². The van der Waals surface area contributed by atoms with Gasteiger partial charge in [-0.15, -0.1) is 0 Å². The van der Waals surface area contributed by atoms with E-state index in [4.69, 9.17) is 0 Å². The van der Waals surface area contributed by atoms with E-state index in [-0.39, 0.29) is 0 Å². The fraction of sp³-hybridized carbons (Fsp3) is 0.857. The van der Waals surface area contributed by atoms with Crippen LogP contribution < -0.4 is 5.32 Å². The van der Waals surface area contributed by atoms with E-state index in [1.54, 1.807) is 6.33 Å². The lowest BCUT2D eigenvalue weighted by Gasteiger charge is -2.42. The van der Waals surface area contributed by atoms with Crippen molar-refractivity contribution in [1.82, 2.24) is 25.0 Å². The van der Waals surface area contributed by atoms with Gasteiger partial charge < -0.3 is 5.32 Å². The molecule has 2 unspecified atom stereocenters. The molecule has 3 rings (SSSR count). The Hall–Kier alpha value is -0.940. The minimum Gasteiger partial charge on any atom is -0.311 e. The first-order valence-electron chi connectivity index (χ1n) is 7.45. The molecule has 5 heteroatoms. The summed E-state index contributed by atoms with van der Waals surface area (Å²) in [5.74, 6) is 2.66. The SMILES string of the molecule is CC(C)C1CN(Cc2ncnn2C)C(C2CC2)CN1. The Morgan fingerprint density at radius 1 is 1.42 bits per heavy atom. The average molecular weight is 263 g/mol. The van der Waals surface area contributed by atoms with Gasteiger partial charge in [-0.05, 0) is 24.7 Å². The van der Waals surface area contributed by atoms with Gasteiger partial charge in [0.05, 0.1) is 6.54 Å². The van der Waals surface area contributed by atoms with Crippen LogP contribution in [0.25, 0.3) is 0 Å². The van der Waals surface area contributed by atoms with Gasteiger partial charge in [0, 0.05) is 32.2 Å². The highest BCUT2D eigenvalue weighted by Crippen LogP contribution is 2.37. The van der Waals surface area contributed by atoms with E-state index in [1.165, 1.54) is 12.8 Å². The first-order valence-corrected chi connectivity index (χ1v) is 7.45. The summed E-state index contributed by atoms with van der Waals surface area (Å²) in [5.41, 5.74) is 0. The Kier molecular flexibility index (Phi) is 3.58. The van der Waals surface area contributed by atoms with Gasteiger partial charge in [0.25, 0.3) is 0 Å². The van der Waals surface area contributed by atoms with Gasteiger partial charge in [-0.3, -0.25) is 9.58 Å². The number of rotatable bonds is 4. The van der Waals surface area contributed by atoms with Crippen LogP contribution in [0.3, 0.4) is 0 Å². The minimum absolute atomic E-state index is 0.600. The van der Waals surface area contributed by atoms with Gasteiger partial charge in [-0.1, -0.05) is 13.8 Å². The number of aryl methyl sites for hydroxylation is 1. The van der Waals surface area contributed by atoms with E-state index in [9.17, 15) is 0 Å². The Morgan fingerprint density at radius 3 is 2.79 bits per heavy atom. The van der Waals surface area contributed by atoms with Crippen LogP contribution in [0, 0.1) is 11.8 Å². The summed E-state index contributed by atoms with van der Waals surface area (Å²) in [5, 5.41) is 7.91. The van der Waals surface area contributed by atoms with E-state index >= 15 is 0 Å². The van der Waals surface area contributed by atoms with Gasteiger partial charge in [-0.25, -0.2) is 4.98 Å². The second kappa shape index (κ2) is 5.21. The van der Waals surface area contributed by atoms with Gasteiger partial charge >= 0.3 is 0 Å². The monoisotopic (exact) mass is 263 g/mol. The molecular formula is C14H25N5. The smallest absolute Gasteiger partial charge is 0.140 e. The fourth-order valence-electron chi connectivity index (χ4n) is 3.07. The lowest BCUT2D eigenvalue weighted by molar-refractivity contribution is 0.0889. The minimum atomic E-state index is 0.600. The zero-order valence-electron chi connectivity index (χ0n) is 12.2. The van der Waals surface area contributed by atoms with E-state index in [0.29, 0.717) is 18.0 Å². The predicted octanol–water partition coefficient (Wildman–Crippen LogP) is 1.02. The third kappa shape index (κ3) is 2.82. The van der Waals surface area contributed by atoms with E-state index < -0.39 is 0 Å². The number of hydrogen-bond donors (Lipinski definition) is 1. The lowest BCUT2D eigenvalue weighted by Crippen LogP contribution is -2.58. The molecule has 2 fully saturated rings. The van der Waals surface area contributed by atoms with Gasteiger partial charge in [0.15, 0.2) is 0 Å². The number of nitrogens with zero attached hydrogens (tertiary/aromatic N) is 4. The standard InChI is InChI=1S/C14H25N5/c1-10(2)12-7-19(8-14-16-9-17-18(14)3)13(6-15-12)11-4-5-11/h9-13,15H,4-8H2,1-3H3. The van der Waals surface area contributed by atoms with Crippen molar-refractivity contribution < 1.29 is 0 Å². The number of piperazine rings is 1. The molecule has 0 amide bonds. The molecule has 1 N–H and O–H groups in total. The van der Waals surface area contributed by atoms with Crippen LogP contribution in [-0.2, 0) is 13.6 Å². The third-order valence-electron chi connectivity index (χ3n) is 4.61. The van der Waals surface area contributed by atoms with Gasteiger partial charge in [0.1, 0.15) is 12.2 Å². The van der Waals surface area contributed by atoms with Crippen LogP contribution in [0.15, 0.2) is 6.33 Å². The maximum atomic E-state index is 4.38. The maximum absolute atomic E-state index is 4.38. The highest BCUT2D eigenvalue weighted by atomic mass is 15.3. The highest BCUT2D eigenvalue weighted by Gasteiger charge is 2.39. The molecule has 106 valence electrons. The van der Waals surface area contributed by atoms with E-state index in [0.717, 1.165) is 31.4 Å². The highest BCUT2D eigenvalue weighted by molar-refractivity contribution is 4.97. The van der Waals surface area contributed by atoms with Crippen LogP contribution in [0.2, 0.25) is 0 Å². The summed E-state index contributed by atoms with van der Waals surface area (Å²) in [6.45, 7) is 7.80. The molecule has 1 saturated carbocycles. The van der Waals surface area contributed by atoms with E-state index in [1.807, 2.05) is 11.7 Å². The fourth-order valence-corrected chi connectivity index (χ4v) is 3.07. The molecule has 2 atom stereocenters. The van der Waals surface area contributed by atoms with Crippen molar-refractivity contribution in [2.24, 2.45) is 18.9 Å². The normalized spacial score (nSPS) is 29.1. The molecule has 2 heterocycles. The van der Waals surface area contributed by atoms with Gasteiger partial charge in [0.2, 0.25) is 0 Å². The summed E-state index contributed by atoms with van der Waals surface area (Å²) in [6, 6.07) is 1.29. The molecule has 1 aliphatic carbocycles. The molecule has 1 aromatic heterocycles. The summed E-state index contributed by atoms with van der Waals surface area (Å²) in [6.07, 6.45) is 4.45. The van der Waals surface area contributed by atoms with Crippen LogP contribution >= 0.6 is 0 Å². The molecule has 1 saturated heterocycles. The molecule has 2 aliphatic rings.